The molecule has 0 bridgehead atoms. The molecule has 0 saturated heterocycles. The molecule has 2 aromatic heterocycles. The lowest BCUT2D eigenvalue weighted by molar-refractivity contribution is 0.970. The van der Waals surface area contributed by atoms with Gasteiger partial charge in [-0.3, -0.25) is 4.57 Å². The number of hydrogen-bond acceptors (Lipinski definition) is 2. The number of aromatic nitrogens is 3. The molecule has 2 heterocycles. The first kappa shape index (κ1) is 11.5. The van der Waals surface area contributed by atoms with E-state index in [1.54, 1.807) is 6.20 Å². The standard InChI is InChI=1S/C13H9Cl2N3/c14-8-12-17-11-2-1-7-16-13(11)18(12)10-5-3-9(15)4-6-10/h1-7H,8H2. The van der Waals surface area contributed by atoms with Gasteiger partial charge in [0.05, 0.1) is 5.88 Å². The lowest BCUT2D eigenvalue weighted by Crippen LogP contribution is -1.99. The van der Waals surface area contributed by atoms with Crippen LogP contribution in [0.5, 0.6) is 0 Å². The lowest BCUT2D eigenvalue weighted by Gasteiger charge is -2.06. The van der Waals surface area contributed by atoms with Crippen LogP contribution in [-0.2, 0) is 5.88 Å². The van der Waals surface area contributed by atoms with Gasteiger partial charge in [-0.05, 0) is 36.4 Å². The summed E-state index contributed by atoms with van der Waals surface area (Å²) in [6.07, 6.45) is 1.74. The predicted octanol–water partition coefficient (Wildman–Crippen LogP) is 3.81. The molecule has 0 spiro atoms. The van der Waals surface area contributed by atoms with E-state index in [2.05, 4.69) is 9.97 Å². The second kappa shape index (κ2) is 4.59. The second-order valence-corrected chi connectivity index (χ2v) is 4.52. The van der Waals surface area contributed by atoms with Gasteiger partial charge in [0.15, 0.2) is 5.65 Å². The molecule has 0 saturated carbocycles. The van der Waals surface area contributed by atoms with Gasteiger partial charge < -0.3 is 0 Å². The van der Waals surface area contributed by atoms with Gasteiger partial charge >= 0.3 is 0 Å². The van der Waals surface area contributed by atoms with Crippen LogP contribution in [0.15, 0.2) is 42.6 Å². The molecule has 0 unspecified atom stereocenters. The van der Waals surface area contributed by atoms with Crippen LogP contribution in [0.25, 0.3) is 16.9 Å². The molecule has 3 rings (SSSR count). The van der Waals surface area contributed by atoms with Crippen molar-refractivity contribution < 1.29 is 0 Å². The Balaban J connectivity index is 2.29. The zero-order chi connectivity index (χ0) is 12.5. The third-order valence-corrected chi connectivity index (χ3v) is 3.18. The number of pyridine rings is 1. The smallest absolute Gasteiger partial charge is 0.164 e. The molecule has 18 heavy (non-hydrogen) atoms. The summed E-state index contributed by atoms with van der Waals surface area (Å²) < 4.78 is 1.94. The summed E-state index contributed by atoms with van der Waals surface area (Å²) in [5.41, 5.74) is 2.59. The quantitative estimate of drug-likeness (QED) is 0.667. The molecular weight excluding hydrogens is 269 g/mol. The maximum absolute atomic E-state index is 5.95. The number of halogens is 2. The Morgan fingerprint density at radius 2 is 1.89 bits per heavy atom. The number of fused-ring (bicyclic) bond motifs is 1. The molecule has 5 heteroatoms. The molecule has 0 aliphatic rings. The van der Waals surface area contributed by atoms with Crippen molar-refractivity contribution in [3.63, 3.8) is 0 Å². The predicted molar refractivity (Wildman–Crippen MR) is 73.4 cm³/mol. The minimum Gasteiger partial charge on any atom is -0.280 e. The zero-order valence-electron chi connectivity index (χ0n) is 9.35. The maximum Gasteiger partial charge on any atom is 0.164 e. The molecule has 0 aliphatic heterocycles. The van der Waals surface area contributed by atoms with Gasteiger partial charge in [-0.2, -0.15) is 0 Å². The normalized spacial score (nSPS) is 11.0. The van der Waals surface area contributed by atoms with Crippen LogP contribution >= 0.6 is 23.2 Å². The first-order valence-corrected chi connectivity index (χ1v) is 6.35. The summed E-state index contributed by atoms with van der Waals surface area (Å²) >= 11 is 11.8. The van der Waals surface area contributed by atoms with Gasteiger partial charge in [-0.1, -0.05) is 11.6 Å². The second-order valence-electron chi connectivity index (χ2n) is 3.82. The van der Waals surface area contributed by atoms with Crippen molar-refractivity contribution in [3.05, 3.63) is 53.4 Å². The van der Waals surface area contributed by atoms with E-state index in [9.17, 15) is 0 Å². The van der Waals surface area contributed by atoms with Crippen molar-refractivity contribution in [2.24, 2.45) is 0 Å². The summed E-state index contributed by atoms with van der Waals surface area (Å²) in [4.78, 5) is 8.82. The Bertz CT molecular complexity index is 689. The minimum atomic E-state index is 0.332. The van der Waals surface area contributed by atoms with Crippen molar-refractivity contribution in [3.8, 4) is 5.69 Å². The van der Waals surface area contributed by atoms with E-state index in [0.29, 0.717) is 10.9 Å². The first-order valence-electron chi connectivity index (χ1n) is 5.44. The van der Waals surface area contributed by atoms with Crippen LogP contribution in [0.4, 0.5) is 0 Å². The van der Waals surface area contributed by atoms with E-state index < -0.39 is 0 Å². The van der Waals surface area contributed by atoms with Crippen LogP contribution in [0.3, 0.4) is 0 Å². The van der Waals surface area contributed by atoms with Crippen molar-refractivity contribution in [1.82, 2.24) is 14.5 Å². The first-order chi connectivity index (χ1) is 8.79. The van der Waals surface area contributed by atoms with E-state index in [4.69, 9.17) is 23.2 Å². The minimum absolute atomic E-state index is 0.332. The molecule has 3 aromatic rings. The van der Waals surface area contributed by atoms with Crippen LogP contribution in [0.2, 0.25) is 5.02 Å². The van der Waals surface area contributed by atoms with Crippen LogP contribution in [0, 0.1) is 0 Å². The number of alkyl halides is 1. The third-order valence-electron chi connectivity index (χ3n) is 2.69. The molecule has 0 fully saturated rings. The van der Waals surface area contributed by atoms with Gasteiger partial charge in [0.1, 0.15) is 11.3 Å². The third kappa shape index (κ3) is 1.85. The number of benzene rings is 1. The molecule has 1 aromatic carbocycles. The molecule has 0 aliphatic carbocycles. The summed E-state index contributed by atoms with van der Waals surface area (Å²) in [7, 11) is 0. The average Bonchev–Trinajstić information content (AvgIpc) is 2.78. The van der Waals surface area contributed by atoms with E-state index in [1.165, 1.54) is 0 Å². The van der Waals surface area contributed by atoms with Crippen molar-refractivity contribution in [2.75, 3.05) is 0 Å². The van der Waals surface area contributed by atoms with Crippen molar-refractivity contribution in [1.29, 1.82) is 0 Å². The lowest BCUT2D eigenvalue weighted by atomic mass is 10.3. The van der Waals surface area contributed by atoms with E-state index in [0.717, 1.165) is 22.7 Å². The Morgan fingerprint density at radius 1 is 1.11 bits per heavy atom. The van der Waals surface area contributed by atoms with Crippen molar-refractivity contribution in [2.45, 2.75) is 5.88 Å². The maximum atomic E-state index is 5.95. The molecule has 90 valence electrons. The molecule has 3 nitrogen and oxygen atoms in total. The molecule has 0 atom stereocenters. The fraction of sp³-hybridized carbons (Fsp3) is 0.0769. The number of imidazole rings is 1. The SMILES string of the molecule is ClCc1nc2cccnc2n1-c1ccc(Cl)cc1. The van der Waals surface area contributed by atoms with Crippen LogP contribution in [-0.4, -0.2) is 14.5 Å². The van der Waals surface area contributed by atoms with Gasteiger partial charge in [-0.25, -0.2) is 9.97 Å². The Hall–Kier alpha value is -1.58. The largest absolute Gasteiger partial charge is 0.280 e. The van der Waals surface area contributed by atoms with Gasteiger partial charge in [0, 0.05) is 16.9 Å². The monoisotopic (exact) mass is 277 g/mol. The fourth-order valence-corrected chi connectivity index (χ4v) is 2.22. The number of hydrogen-bond donors (Lipinski definition) is 0. The highest BCUT2D eigenvalue weighted by molar-refractivity contribution is 6.30. The van der Waals surface area contributed by atoms with Crippen LogP contribution in [0.1, 0.15) is 5.82 Å². The Morgan fingerprint density at radius 3 is 2.61 bits per heavy atom. The van der Waals surface area contributed by atoms with Gasteiger partial charge in [0.2, 0.25) is 0 Å². The van der Waals surface area contributed by atoms with Gasteiger partial charge in [-0.15, -0.1) is 11.6 Å². The highest BCUT2D eigenvalue weighted by Gasteiger charge is 2.11. The molecule has 0 radical (unpaired) electrons. The highest BCUT2D eigenvalue weighted by Crippen LogP contribution is 2.22. The average molecular weight is 278 g/mol. The fourth-order valence-electron chi connectivity index (χ4n) is 1.91. The van der Waals surface area contributed by atoms with E-state index in [1.807, 2.05) is 41.0 Å². The Labute approximate surface area is 114 Å². The van der Waals surface area contributed by atoms with Gasteiger partial charge in [0.25, 0.3) is 0 Å². The zero-order valence-corrected chi connectivity index (χ0v) is 10.9. The number of nitrogens with zero attached hydrogens (tertiary/aromatic N) is 3. The van der Waals surface area contributed by atoms with Crippen LogP contribution < -0.4 is 0 Å². The summed E-state index contributed by atoms with van der Waals surface area (Å²) in [6, 6.07) is 11.3. The van der Waals surface area contributed by atoms with E-state index in [-0.39, 0.29) is 0 Å². The summed E-state index contributed by atoms with van der Waals surface area (Å²) in [5.74, 6) is 1.10. The molecule has 0 N–H and O–H groups in total. The van der Waals surface area contributed by atoms with E-state index >= 15 is 0 Å². The summed E-state index contributed by atoms with van der Waals surface area (Å²) in [5, 5.41) is 0.698. The summed E-state index contributed by atoms with van der Waals surface area (Å²) in [6.45, 7) is 0. The number of rotatable bonds is 2. The van der Waals surface area contributed by atoms with Crippen molar-refractivity contribution >= 4 is 34.4 Å². The topological polar surface area (TPSA) is 30.7 Å². The highest BCUT2D eigenvalue weighted by atomic mass is 35.5. The molecular formula is C13H9Cl2N3. The molecule has 0 amide bonds. The Kier molecular flexibility index (Phi) is 2.94.